The first kappa shape index (κ1) is 17.6. The summed E-state index contributed by atoms with van der Waals surface area (Å²) in [6, 6.07) is 13.4. The minimum atomic E-state index is -0.748. The number of piperidine rings is 1. The van der Waals surface area contributed by atoms with Crippen LogP contribution in [0.25, 0.3) is 0 Å². The van der Waals surface area contributed by atoms with Crippen molar-refractivity contribution in [1.29, 1.82) is 5.26 Å². The quantitative estimate of drug-likeness (QED) is 0.678. The Morgan fingerprint density at radius 1 is 1.15 bits per heavy atom. The number of carbonyl (C=O) groups is 1. The van der Waals surface area contributed by atoms with E-state index in [4.69, 9.17) is 5.26 Å². The van der Waals surface area contributed by atoms with Crippen molar-refractivity contribution in [3.05, 3.63) is 65.0 Å². The number of benzene rings is 2. The van der Waals surface area contributed by atoms with Gasteiger partial charge in [0.25, 0.3) is 5.91 Å². The zero-order valence-electron chi connectivity index (χ0n) is 14.3. The highest BCUT2D eigenvalue weighted by Gasteiger charge is 2.12. The number of hydrazone groups is 1. The van der Waals surface area contributed by atoms with Crippen molar-refractivity contribution in [2.75, 3.05) is 18.0 Å². The smallest absolute Gasteiger partial charge is 0.274 e. The van der Waals surface area contributed by atoms with E-state index in [-0.39, 0.29) is 11.1 Å². The molecular formula is C20H19FN4O. The molecule has 0 bridgehead atoms. The molecule has 132 valence electrons. The van der Waals surface area contributed by atoms with Crippen LogP contribution in [0.4, 0.5) is 10.1 Å². The number of halogens is 1. The zero-order chi connectivity index (χ0) is 18.4. The Balaban J connectivity index is 1.59. The SMILES string of the molecule is N#Cc1ccc(C(=O)N/N=C\c2ccc(N3CCCCC3)cc2)c(F)c1. The van der Waals surface area contributed by atoms with E-state index in [2.05, 4.69) is 15.4 Å². The molecule has 0 radical (unpaired) electrons. The molecule has 1 aliphatic rings. The van der Waals surface area contributed by atoms with Crippen LogP contribution in [0.1, 0.15) is 40.7 Å². The second-order valence-corrected chi connectivity index (χ2v) is 6.14. The van der Waals surface area contributed by atoms with E-state index in [1.807, 2.05) is 30.3 Å². The molecule has 1 N–H and O–H groups in total. The van der Waals surface area contributed by atoms with Crippen molar-refractivity contribution >= 4 is 17.8 Å². The molecule has 1 aliphatic heterocycles. The predicted molar refractivity (Wildman–Crippen MR) is 98.7 cm³/mol. The van der Waals surface area contributed by atoms with E-state index >= 15 is 0 Å². The Morgan fingerprint density at radius 2 is 1.88 bits per heavy atom. The largest absolute Gasteiger partial charge is 0.372 e. The maximum Gasteiger partial charge on any atom is 0.274 e. The van der Waals surface area contributed by atoms with Crippen molar-refractivity contribution in [1.82, 2.24) is 5.43 Å². The van der Waals surface area contributed by atoms with Crippen molar-refractivity contribution in [3.63, 3.8) is 0 Å². The van der Waals surface area contributed by atoms with Crippen LogP contribution in [-0.4, -0.2) is 25.2 Å². The third-order valence-electron chi connectivity index (χ3n) is 4.34. The van der Waals surface area contributed by atoms with Crippen LogP contribution in [0, 0.1) is 17.1 Å². The van der Waals surface area contributed by atoms with Crippen LogP contribution in [-0.2, 0) is 0 Å². The Kier molecular flexibility index (Phi) is 5.59. The monoisotopic (exact) mass is 350 g/mol. The molecule has 1 saturated heterocycles. The van der Waals surface area contributed by atoms with Gasteiger partial charge in [-0.25, -0.2) is 9.82 Å². The summed E-state index contributed by atoms with van der Waals surface area (Å²) >= 11 is 0. The summed E-state index contributed by atoms with van der Waals surface area (Å²) in [7, 11) is 0. The lowest BCUT2D eigenvalue weighted by molar-refractivity contribution is 0.0951. The van der Waals surface area contributed by atoms with Crippen LogP contribution < -0.4 is 10.3 Å². The van der Waals surface area contributed by atoms with E-state index in [1.54, 1.807) is 0 Å². The molecule has 5 nitrogen and oxygen atoms in total. The molecule has 6 heteroatoms. The predicted octanol–water partition coefficient (Wildman–Crippen LogP) is 3.45. The number of anilines is 1. The highest BCUT2D eigenvalue weighted by molar-refractivity contribution is 5.95. The molecule has 1 amide bonds. The molecule has 0 aromatic heterocycles. The molecule has 1 fully saturated rings. The third-order valence-corrected chi connectivity index (χ3v) is 4.34. The molecule has 2 aromatic carbocycles. The van der Waals surface area contributed by atoms with Gasteiger partial charge in [-0.2, -0.15) is 10.4 Å². The van der Waals surface area contributed by atoms with Crippen LogP contribution in [0.2, 0.25) is 0 Å². The summed E-state index contributed by atoms with van der Waals surface area (Å²) in [5.74, 6) is -1.41. The van der Waals surface area contributed by atoms with Gasteiger partial charge in [-0.15, -0.1) is 0 Å². The summed E-state index contributed by atoms with van der Waals surface area (Å²) in [6.07, 6.45) is 5.25. The number of nitrogens with zero attached hydrogens (tertiary/aromatic N) is 3. The van der Waals surface area contributed by atoms with Crippen LogP contribution in [0.15, 0.2) is 47.6 Å². The lowest BCUT2D eigenvalue weighted by atomic mass is 10.1. The first-order valence-electron chi connectivity index (χ1n) is 8.55. The fraction of sp³-hybridized carbons (Fsp3) is 0.250. The highest BCUT2D eigenvalue weighted by atomic mass is 19.1. The topological polar surface area (TPSA) is 68.5 Å². The second-order valence-electron chi connectivity index (χ2n) is 6.14. The van der Waals surface area contributed by atoms with Gasteiger partial charge in [-0.1, -0.05) is 12.1 Å². The summed E-state index contributed by atoms with van der Waals surface area (Å²) in [5.41, 5.74) is 4.34. The minimum absolute atomic E-state index is 0.151. The lowest BCUT2D eigenvalue weighted by Crippen LogP contribution is -2.29. The van der Waals surface area contributed by atoms with E-state index in [0.717, 1.165) is 24.7 Å². The van der Waals surface area contributed by atoms with E-state index in [0.29, 0.717) is 0 Å². The standard InChI is InChI=1S/C20H19FN4O/c21-19-12-16(13-22)6-9-18(19)20(26)24-23-14-15-4-7-17(8-5-15)25-10-2-1-3-11-25/h4-9,12,14H,1-3,10-11H2,(H,24,26)/b23-14-. The van der Waals surface area contributed by atoms with Gasteiger partial charge in [0.1, 0.15) is 5.82 Å². The third kappa shape index (κ3) is 4.25. The van der Waals surface area contributed by atoms with Gasteiger partial charge in [-0.3, -0.25) is 4.79 Å². The highest BCUT2D eigenvalue weighted by Crippen LogP contribution is 2.19. The maximum atomic E-state index is 13.8. The molecular weight excluding hydrogens is 331 g/mol. The number of hydrogen-bond donors (Lipinski definition) is 1. The summed E-state index contributed by atoms with van der Waals surface area (Å²) in [6.45, 7) is 2.17. The van der Waals surface area contributed by atoms with Crippen molar-refractivity contribution in [2.45, 2.75) is 19.3 Å². The molecule has 0 unspecified atom stereocenters. The fourth-order valence-electron chi connectivity index (χ4n) is 2.92. The van der Waals surface area contributed by atoms with Crippen molar-refractivity contribution in [3.8, 4) is 6.07 Å². The molecule has 26 heavy (non-hydrogen) atoms. The summed E-state index contributed by atoms with van der Waals surface area (Å²) in [5, 5.41) is 12.6. The maximum absolute atomic E-state index is 13.8. The van der Waals surface area contributed by atoms with Crippen molar-refractivity contribution < 1.29 is 9.18 Å². The Hall–Kier alpha value is -3.20. The van der Waals surface area contributed by atoms with Gasteiger partial charge >= 0.3 is 0 Å². The number of amides is 1. The van der Waals surface area contributed by atoms with Crippen LogP contribution in [0.3, 0.4) is 0 Å². The summed E-state index contributed by atoms with van der Waals surface area (Å²) in [4.78, 5) is 14.3. The summed E-state index contributed by atoms with van der Waals surface area (Å²) < 4.78 is 13.8. The molecule has 0 spiro atoms. The molecule has 0 aliphatic carbocycles. The Morgan fingerprint density at radius 3 is 2.54 bits per heavy atom. The van der Waals surface area contributed by atoms with Gasteiger partial charge in [0.15, 0.2) is 0 Å². The second kappa shape index (κ2) is 8.26. The van der Waals surface area contributed by atoms with Gasteiger partial charge in [-0.05, 0) is 55.2 Å². The zero-order valence-corrected chi connectivity index (χ0v) is 14.3. The Bertz CT molecular complexity index is 849. The molecule has 0 saturated carbocycles. The van der Waals surface area contributed by atoms with Crippen molar-refractivity contribution in [2.24, 2.45) is 5.10 Å². The van der Waals surface area contributed by atoms with Gasteiger partial charge in [0, 0.05) is 18.8 Å². The van der Waals surface area contributed by atoms with Gasteiger partial charge in [0.05, 0.1) is 23.4 Å². The average molecular weight is 350 g/mol. The van der Waals surface area contributed by atoms with E-state index in [1.165, 1.54) is 43.3 Å². The van der Waals surface area contributed by atoms with E-state index < -0.39 is 11.7 Å². The van der Waals surface area contributed by atoms with E-state index in [9.17, 15) is 9.18 Å². The number of rotatable bonds is 4. The fourth-order valence-corrected chi connectivity index (χ4v) is 2.92. The first-order chi connectivity index (χ1) is 12.7. The van der Waals surface area contributed by atoms with Gasteiger partial charge in [0.2, 0.25) is 0 Å². The number of nitriles is 1. The number of carbonyl (C=O) groups excluding carboxylic acids is 1. The lowest BCUT2D eigenvalue weighted by Gasteiger charge is -2.28. The average Bonchev–Trinajstić information content (AvgIpc) is 2.69. The number of nitrogens with one attached hydrogen (secondary N) is 1. The first-order valence-corrected chi connectivity index (χ1v) is 8.55. The molecule has 0 atom stereocenters. The van der Waals surface area contributed by atoms with Crippen LogP contribution >= 0.6 is 0 Å². The molecule has 1 heterocycles. The van der Waals surface area contributed by atoms with Gasteiger partial charge < -0.3 is 4.90 Å². The Labute approximate surface area is 151 Å². The minimum Gasteiger partial charge on any atom is -0.372 e. The molecule has 2 aromatic rings. The molecule has 3 rings (SSSR count). The normalized spacial score (nSPS) is 14.2. The number of hydrogen-bond acceptors (Lipinski definition) is 4. The van der Waals surface area contributed by atoms with Crippen LogP contribution in [0.5, 0.6) is 0 Å².